The number of hydrogen-bond acceptors (Lipinski definition) is 2. The fourth-order valence-electron chi connectivity index (χ4n) is 2.19. The van der Waals surface area contributed by atoms with Gasteiger partial charge in [-0.3, -0.25) is 0 Å². The van der Waals surface area contributed by atoms with Crippen molar-refractivity contribution in [1.82, 2.24) is 0 Å². The Labute approximate surface area is 104 Å². The third kappa shape index (κ3) is 5.66. The van der Waals surface area contributed by atoms with Crippen LogP contribution in [0.5, 0.6) is 0 Å². The van der Waals surface area contributed by atoms with Gasteiger partial charge in [-0.15, -0.1) is 6.58 Å². The summed E-state index contributed by atoms with van der Waals surface area (Å²) in [4.78, 5) is 0. The largest absolute Gasteiger partial charge is 0.393 e. The molecule has 0 aliphatic carbocycles. The van der Waals surface area contributed by atoms with Crippen molar-refractivity contribution in [1.29, 1.82) is 0 Å². The number of benzene rings is 1. The lowest BCUT2D eigenvalue weighted by molar-refractivity contribution is 0.00473. The lowest BCUT2D eigenvalue weighted by atomic mass is 9.89. The zero-order valence-electron chi connectivity index (χ0n) is 10.7. The lowest BCUT2D eigenvalue weighted by Gasteiger charge is -2.26. The topological polar surface area (TPSA) is 40.5 Å². The van der Waals surface area contributed by atoms with E-state index in [0.29, 0.717) is 19.3 Å². The van der Waals surface area contributed by atoms with Crippen LogP contribution in [0.3, 0.4) is 0 Å². The Bertz CT molecular complexity index is 354. The quantitative estimate of drug-likeness (QED) is 0.743. The van der Waals surface area contributed by atoms with E-state index in [2.05, 4.69) is 6.58 Å². The smallest absolute Gasteiger partial charge is 0.0681 e. The van der Waals surface area contributed by atoms with E-state index in [0.717, 1.165) is 11.1 Å². The zero-order chi connectivity index (χ0) is 12.9. The summed E-state index contributed by atoms with van der Waals surface area (Å²) < 4.78 is 0. The third-order valence-electron chi connectivity index (χ3n) is 2.67. The van der Waals surface area contributed by atoms with E-state index in [4.69, 9.17) is 0 Å². The van der Waals surface area contributed by atoms with Gasteiger partial charge in [0, 0.05) is 6.42 Å². The monoisotopic (exact) mass is 234 g/mol. The first-order chi connectivity index (χ1) is 7.89. The summed E-state index contributed by atoms with van der Waals surface area (Å²) >= 11 is 0. The van der Waals surface area contributed by atoms with E-state index in [-0.39, 0.29) is 0 Å². The van der Waals surface area contributed by atoms with E-state index in [9.17, 15) is 10.2 Å². The first kappa shape index (κ1) is 13.9. The minimum Gasteiger partial charge on any atom is -0.393 e. The van der Waals surface area contributed by atoms with Crippen LogP contribution in [-0.4, -0.2) is 21.9 Å². The van der Waals surface area contributed by atoms with Crippen molar-refractivity contribution in [3.8, 4) is 0 Å². The molecular formula is C15H22O2. The van der Waals surface area contributed by atoms with Gasteiger partial charge in [-0.25, -0.2) is 0 Å². The van der Waals surface area contributed by atoms with Crippen molar-refractivity contribution >= 4 is 0 Å². The van der Waals surface area contributed by atoms with Crippen LogP contribution in [-0.2, 0) is 6.42 Å². The van der Waals surface area contributed by atoms with Gasteiger partial charge in [0.25, 0.3) is 0 Å². The summed E-state index contributed by atoms with van der Waals surface area (Å²) in [6.07, 6.45) is 0.951. The lowest BCUT2D eigenvalue weighted by Crippen LogP contribution is -2.31. The van der Waals surface area contributed by atoms with Crippen molar-refractivity contribution in [2.45, 2.75) is 44.8 Å². The zero-order valence-corrected chi connectivity index (χ0v) is 10.7. The molecule has 2 nitrogen and oxygen atoms in total. The van der Waals surface area contributed by atoms with Gasteiger partial charge in [-0.1, -0.05) is 35.9 Å². The highest BCUT2D eigenvalue weighted by atomic mass is 16.3. The van der Waals surface area contributed by atoms with E-state index in [1.807, 2.05) is 37.3 Å². The first-order valence-corrected chi connectivity index (χ1v) is 5.98. The van der Waals surface area contributed by atoms with Gasteiger partial charge in [0.05, 0.1) is 11.7 Å². The maximum absolute atomic E-state index is 10.1. The van der Waals surface area contributed by atoms with Crippen LogP contribution < -0.4 is 0 Å². The SMILES string of the molecule is C=C(C)C[C@](C)(O)C[C@@H](O)Cc1ccccc1. The summed E-state index contributed by atoms with van der Waals surface area (Å²) in [6, 6.07) is 9.82. The molecular weight excluding hydrogens is 212 g/mol. The Balaban J connectivity index is 2.49. The van der Waals surface area contributed by atoms with Gasteiger partial charge < -0.3 is 10.2 Å². The molecule has 94 valence electrons. The van der Waals surface area contributed by atoms with Gasteiger partial charge in [0.1, 0.15) is 0 Å². The molecule has 1 rings (SSSR count). The van der Waals surface area contributed by atoms with Crippen LogP contribution in [0.4, 0.5) is 0 Å². The van der Waals surface area contributed by atoms with Crippen molar-refractivity contribution in [2.75, 3.05) is 0 Å². The number of hydrogen-bond donors (Lipinski definition) is 2. The Morgan fingerprint density at radius 1 is 1.35 bits per heavy atom. The standard InChI is InChI=1S/C15H22O2/c1-12(2)10-15(3,17)11-14(16)9-13-7-5-4-6-8-13/h4-8,14,16-17H,1,9-11H2,2-3H3/t14-,15-/m0/s1. The second kappa shape index (κ2) is 5.99. The van der Waals surface area contributed by atoms with Crippen LogP contribution >= 0.6 is 0 Å². The fourth-order valence-corrected chi connectivity index (χ4v) is 2.19. The molecule has 17 heavy (non-hydrogen) atoms. The Hall–Kier alpha value is -1.12. The minimum absolute atomic E-state index is 0.370. The summed E-state index contributed by atoms with van der Waals surface area (Å²) in [5.41, 5.74) is 1.15. The van der Waals surface area contributed by atoms with Crippen molar-refractivity contribution < 1.29 is 10.2 Å². The molecule has 0 aromatic heterocycles. The summed E-state index contributed by atoms with van der Waals surface area (Å²) in [5, 5.41) is 20.1. The van der Waals surface area contributed by atoms with Gasteiger partial charge in [-0.05, 0) is 32.3 Å². The van der Waals surface area contributed by atoms with Crippen LogP contribution in [0.2, 0.25) is 0 Å². The normalized spacial score (nSPS) is 16.2. The highest BCUT2D eigenvalue weighted by Crippen LogP contribution is 2.22. The molecule has 2 heteroatoms. The molecule has 0 aliphatic rings. The molecule has 0 spiro atoms. The Morgan fingerprint density at radius 3 is 2.47 bits per heavy atom. The van der Waals surface area contributed by atoms with Crippen LogP contribution in [0.1, 0.15) is 32.3 Å². The van der Waals surface area contributed by atoms with E-state index < -0.39 is 11.7 Å². The van der Waals surface area contributed by atoms with Crippen LogP contribution in [0.25, 0.3) is 0 Å². The Kier molecular flexibility index (Phi) is 4.91. The van der Waals surface area contributed by atoms with Crippen molar-refractivity contribution in [3.63, 3.8) is 0 Å². The fraction of sp³-hybridized carbons (Fsp3) is 0.467. The molecule has 0 bridgehead atoms. The molecule has 0 saturated carbocycles. The molecule has 0 saturated heterocycles. The molecule has 2 N–H and O–H groups in total. The van der Waals surface area contributed by atoms with Crippen molar-refractivity contribution in [3.05, 3.63) is 48.0 Å². The molecule has 0 unspecified atom stereocenters. The van der Waals surface area contributed by atoms with Gasteiger partial charge in [-0.2, -0.15) is 0 Å². The average Bonchev–Trinajstić information content (AvgIpc) is 2.15. The first-order valence-electron chi connectivity index (χ1n) is 5.98. The highest BCUT2D eigenvalue weighted by molar-refractivity contribution is 5.15. The average molecular weight is 234 g/mol. The number of aliphatic hydroxyl groups excluding tert-OH is 1. The van der Waals surface area contributed by atoms with E-state index in [1.165, 1.54) is 0 Å². The molecule has 1 aromatic rings. The summed E-state index contributed by atoms with van der Waals surface area (Å²) in [7, 11) is 0. The summed E-state index contributed by atoms with van der Waals surface area (Å²) in [5.74, 6) is 0. The second-order valence-corrected chi connectivity index (χ2v) is 5.18. The molecule has 1 aromatic carbocycles. The predicted molar refractivity (Wildman–Crippen MR) is 70.8 cm³/mol. The molecule has 2 atom stereocenters. The second-order valence-electron chi connectivity index (χ2n) is 5.18. The number of rotatable bonds is 6. The van der Waals surface area contributed by atoms with Crippen molar-refractivity contribution in [2.24, 2.45) is 0 Å². The molecule has 0 radical (unpaired) electrons. The van der Waals surface area contributed by atoms with Gasteiger partial charge in [0.2, 0.25) is 0 Å². The molecule has 0 heterocycles. The third-order valence-corrected chi connectivity index (χ3v) is 2.67. The molecule has 0 amide bonds. The predicted octanol–water partition coefficient (Wildman–Crippen LogP) is 2.70. The minimum atomic E-state index is -0.875. The Morgan fingerprint density at radius 2 is 1.94 bits per heavy atom. The maximum atomic E-state index is 10.1. The van der Waals surface area contributed by atoms with Crippen LogP contribution in [0.15, 0.2) is 42.5 Å². The highest BCUT2D eigenvalue weighted by Gasteiger charge is 2.24. The van der Waals surface area contributed by atoms with Gasteiger partial charge >= 0.3 is 0 Å². The molecule has 0 aliphatic heterocycles. The van der Waals surface area contributed by atoms with E-state index >= 15 is 0 Å². The van der Waals surface area contributed by atoms with Gasteiger partial charge in [0.15, 0.2) is 0 Å². The maximum Gasteiger partial charge on any atom is 0.0681 e. The number of aliphatic hydroxyl groups is 2. The van der Waals surface area contributed by atoms with E-state index in [1.54, 1.807) is 6.92 Å². The molecule has 0 fully saturated rings. The summed E-state index contributed by atoms with van der Waals surface area (Å²) in [6.45, 7) is 7.42. The van der Waals surface area contributed by atoms with Crippen LogP contribution in [0, 0.1) is 0 Å².